The molecule has 0 heterocycles. The highest BCUT2D eigenvalue weighted by molar-refractivity contribution is 9.08. The number of nitrogens with zero attached hydrogens (tertiary/aromatic N) is 1. The Balaban J connectivity index is 2.85. The molecule has 0 unspecified atom stereocenters. The smallest absolute Gasteiger partial charge is 0.366 e. The number of halogens is 5. The first-order chi connectivity index (χ1) is 7.33. The topological polar surface area (TPSA) is 3.24 Å². The van der Waals surface area contributed by atoms with Crippen LogP contribution in [0.4, 0.5) is 18.9 Å². The molecule has 0 aliphatic heterocycles. The normalized spacial score (nSPS) is 11.6. The Labute approximate surface area is 105 Å². The Hall–Kier alpha value is -0.420. The van der Waals surface area contributed by atoms with Crippen molar-refractivity contribution in [3.8, 4) is 0 Å². The molecule has 0 fully saturated rings. The van der Waals surface area contributed by atoms with Crippen LogP contribution in [0.25, 0.3) is 0 Å². The summed E-state index contributed by atoms with van der Waals surface area (Å²) in [6, 6.07) is 4.86. The highest BCUT2D eigenvalue weighted by atomic mass is 79.9. The van der Waals surface area contributed by atoms with E-state index in [1.807, 2.05) is 0 Å². The van der Waals surface area contributed by atoms with Crippen molar-refractivity contribution in [3.63, 3.8) is 0 Å². The summed E-state index contributed by atoms with van der Waals surface area (Å²) >= 11 is 9.15. The lowest BCUT2D eigenvalue weighted by Crippen LogP contribution is -2.30. The Kier molecular flexibility index (Phi) is 4.50. The zero-order valence-corrected chi connectivity index (χ0v) is 10.8. The number of rotatable bonds is 3. The van der Waals surface area contributed by atoms with E-state index >= 15 is 0 Å². The van der Waals surface area contributed by atoms with Gasteiger partial charge in [-0.15, -0.1) is 0 Å². The van der Waals surface area contributed by atoms with Crippen molar-refractivity contribution < 1.29 is 13.2 Å². The molecule has 0 atom stereocenters. The van der Waals surface area contributed by atoms with Gasteiger partial charge < -0.3 is 4.90 Å². The van der Waals surface area contributed by atoms with Gasteiger partial charge in [-0.3, -0.25) is 0 Å². The maximum absolute atomic E-state index is 12.2. The lowest BCUT2D eigenvalue weighted by molar-refractivity contribution is -0.119. The summed E-state index contributed by atoms with van der Waals surface area (Å²) in [4.78, 5) is 1.11. The highest BCUT2D eigenvalue weighted by Crippen LogP contribution is 2.26. The van der Waals surface area contributed by atoms with Crippen LogP contribution in [-0.4, -0.2) is 19.8 Å². The van der Waals surface area contributed by atoms with Gasteiger partial charge in [0, 0.05) is 23.1 Å². The lowest BCUT2D eigenvalue weighted by atomic mass is 10.2. The Morgan fingerprint density at radius 3 is 2.44 bits per heavy atom. The molecule has 1 aromatic rings. The van der Waals surface area contributed by atoms with Gasteiger partial charge >= 0.3 is 6.18 Å². The van der Waals surface area contributed by atoms with Crippen molar-refractivity contribution in [3.05, 3.63) is 28.8 Å². The fourth-order valence-corrected chi connectivity index (χ4v) is 2.13. The van der Waals surface area contributed by atoms with Crippen molar-refractivity contribution in [1.29, 1.82) is 0 Å². The van der Waals surface area contributed by atoms with Crippen molar-refractivity contribution in [2.24, 2.45) is 0 Å². The summed E-state index contributed by atoms with van der Waals surface area (Å²) in [7, 11) is 1.38. The molecular formula is C10H10BrClF3N. The third-order valence-corrected chi connectivity index (χ3v) is 2.99. The summed E-state index contributed by atoms with van der Waals surface area (Å²) in [5.41, 5.74) is 1.30. The predicted octanol–water partition coefficient (Wildman–Crippen LogP) is 4.23. The van der Waals surface area contributed by atoms with E-state index in [1.54, 1.807) is 12.1 Å². The van der Waals surface area contributed by atoms with Gasteiger partial charge in [0.05, 0.1) is 0 Å². The standard InChI is InChI=1S/C10H10BrClF3N/c1-16(6-10(13,14)15)8-3-2-7(5-11)9(12)4-8/h2-4H,5-6H2,1H3. The van der Waals surface area contributed by atoms with Crippen LogP contribution in [0.1, 0.15) is 5.56 Å². The summed E-state index contributed by atoms with van der Waals surface area (Å²) < 4.78 is 36.5. The summed E-state index contributed by atoms with van der Waals surface area (Å²) in [6.07, 6.45) is -4.21. The van der Waals surface area contributed by atoms with Gasteiger partial charge in [0.25, 0.3) is 0 Å². The van der Waals surface area contributed by atoms with Crippen LogP contribution >= 0.6 is 27.5 Å². The first-order valence-electron chi connectivity index (χ1n) is 4.46. The molecule has 0 aromatic heterocycles. The number of alkyl halides is 4. The fourth-order valence-electron chi connectivity index (χ4n) is 1.24. The number of benzene rings is 1. The fraction of sp³-hybridized carbons (Fsp3) is 0.400. The van der Waals surface area contributed by atoms with Crippen LogP contribution < -0.4 is 4.90 Å². The maximum atomic E-state index is 12.2. The van der Waals surface area contributed by atoms with Gasteiger partial charge in [-0.25, -0.2) is 0 Å². The molecule has 0 N–H and O–H groups in total. The number of hydrogen-bond acceptors (Lipinski definition) is 1. The van der Waals surface area contributed by atoms with Gasteiger partial charge in [0.2, 0.25) is 0 Å². The van der Waals surface area contributed by atoms with Crippen molar-refractivity contribution in [1.82, 2.24) is 0 Å². The van der Waals surface area contributed by atoms with Crippen LogP contribution in [0.15, 0.2) is 18.2 Å². The van der Waals surface area contributed by atoms with Gasteiger partial charge in [0.15, 0.2) is 0 Å². The molecule has 0 saturated carbocycles. The average molecular weight is 317 g/mol. The number of anilines is 1. The van der Waals surface area contributed by atoms with Crippen LogP contribution in [0.2, 0.25) is 5.02 Å². The van der Waals surface area contributed by atoms with E-state index in [-0.39, 0.29) is 0 Å². The minimum absolute atomic E-state index is 0.451. The van der Waals surface area contributed by atoms with Gasteiger partial charge in [-0.1, -0.05) is 33.6 Å². The summed E-state index contributed by atoms with van der Waals surface area (Å²) in [5, 5.41) is 1.04. The summed E-state index contributed by atoms with van der Waals surface area (Å²) in [6.45, 7) is -0.989. The minimum atomic E-state index is -4.21. The molecule has 0 radical (unpaired) electrons. The molecule has 0 amide bonds. The van der Waals surface area contributed by atoms with E-state index in [0.29, 0.717) is 16.0 Å². The van der Waals surface area contributed by atoms with E-state index in [4.69, 9.17) is 11.6 Å². The molecule has 1 rings (SSSR count). The molecule has 16 heavy (non-hydrogen) atoms. The third kappa shape index (κ3) is 3.87. The summed E-state index contributed by atoms with van der Waals surface area (Å²) in [5.74, 6) is 0. The lowest BCUT2D eigenvalue weighted by Gasteiger charge is -2.21. The molecule has 6 heteroatoms. The Morgan fingerprint density at radius 1 is 1.38 bits per heavy atom. The van der Waals surface area contributed by atoms with E-state index in [1.165, 1.54) is 13.1 Å². The molecule has 0 bridgehead atoms. The Morgan fingerprint density at radius 2 is 2.00 bits per heavy atom. The second-order valence-corrected chi connectivity index (χ2v) is 4.35. The Bertz CT molecular complexity index is 368. The monoisotopic (exact) mass is 315 g/mol. The molecule has 0 spiro atoms. The average Bonchev–Trinajstić information content (AvgIpc) is 2.15. The quantitative estimate of drug-likeness (QED) is 0.754. The molecular weight excluding hydrogens is 306 g/mol. The first-order valence-corrected chi connectivity index (χ1v) is 5.95. The largest absolute Gasteiger partial charge is 0.405 e. The highest BCUT2D eigenvalue weighted by Gasteiger charge is 2.29. The van der Waals surface area contributed by atoms with E-state index in [2.05, 4.69) is 15.9 Å². The molecule has 1 nitrogen and oxygen atoms in total. The van der Waals surface area contributed by atoms with Gasteiger partial charge in [0.1, 0.15) is 6.54 Å². The van der Waals surface area contributed by atoms with E-state index in [0.717, 1.165) is 10.5 Å². The predicted molar refractivity (Wildman–Crippen MR) is 63.4 cm³/mol. The van der Waals surface area contributed by atoms with Crippen LogP contribution in [0, 0.1) is 0 Å². The van der Waals surface area contributed by atoms with E-state index in [9.17, 15) is 13.2 Å². The zero-order valence-electron chi connectivity index (χ0n) is 8.48. The van der Waals surface area contributed by atoms with Crippen molar-refractivity contribution >= 4 is 33.2 Å². The molecule has 0 saturated heterocycles. The number of hydrogen-bond donors (Lipinski definition) is 0. The molecule has 0 aliphatic carbocycles. The maximum Gasteiger partial charge on any atom is 0.405 e. The molecule has 1 aromatic carbocycles. The second-order valence-electron chi connectivity index (χ2n) is 3.38. The van der Waals surface area contributed by atoms with Crippen LogP contribution in [-0.2, 0) is 5.33 Å². The van der Waals surface area contributed by atoms with Crippen molar-refractivity contribution in [2.75, 3.05) is 18.5 Å². The zero-order chi connectivity index (χ0) is 12.3. The first kappa shape index (κ1) is 13.6. The van der Waals surface area contributed by atoms with Crippen molar-refractivity contribution in [2.45, 2.75) is 11.5 Å². The van der Waals surface area contributed by atoms with Gasteiger partial charge in [-0.2, -0.15) is 13.2 Å². The van der Waals surface area contributed by atoms with Crippen LogP contribution in [0.5, 0.6) is 0 Å². The van der Waals surface area contributed by atoms with Gasteiger partial charge in [-0.05, 0) is 17.7 Å². The van der Waals surface area contributed by atoms with Crippen LogP contribution in [0.3, 0.4) is 0 Å². The molecule has 0 aliphatic rings. The molecule has 90 valence electrons. The second kappa shape index (κ2) is 5.27. The third-order valence-electron chi connectivity index (χ3n) is 2.04. The SMILES string of the molecule is CN(CC(F)(F)F)c1ccc(CBr)c(Cl)c1. The van der Waals surface area contributed by atoms with E-state index < -0.39 is 12.7 Å². The minimum Gasteiger partial charge on any atom is -0.366 e.